The van der Waals surface area contributed by atoms with Gasteiger partial charge in [0.2, 0.25) is 0 Å². The molecule has 1 heterocycles. The van der Waals surface area contributed by atoms with E-state index >= 15 is 0 Å². The molecule has 0 bridgehead atoms. The molecule has 2 heteroatoms. The van der Waals surface area contributed by atoms with Gasteiger partial charge < -0.3 is 10.2 Å². The molecule has 1 aliphatic carbocycles. The van der Waals surface area contributed by atoms with Crippen molar-refractivity contribution in [3.8, 4) is 0 Å². The predicted molar refractivity (Wildman–Crippen MR) is 119 cm³/mol. The first-order valence-electron chi connectivity index (χ1n) is 10.9. The molecule has 0 saturated heterocycles. The van der Waals surface area contributed by atoms with E-state index < -0.39 is 0 Å². The summed E-state index contributed by atoms with van der Waals surface area (Å²) >= 11 is 0. The lowest BCUT2D eigenvalue weighted by Gasteiger charge is -2.53. The molecule has 2 aliphatic rings. The molecule has 1 aromatic rings. The quantitative estimate of drug-likeness (QED) is 0.685. The minimum Gasteiger partial charge on any atom is -0.366 e. The first-order chi connectivity index (χ1) is 12.3. The van der Waals surface area contributed by atoms with Crippen molar-refractivity contribution in [2.45, 2.75) is 92.7 Å². The van der Waals surface area contributed by atoms with Gasteiger partial charge in [0, 0.05) is 29.7 Å². The first-order valence-corrected chi connectivity index (χ1v) is 10.9. The van der Waals surface area contributed by atoms with Gasteiger partial charge in [-0.2, -0.15) is 0 Å². The predicted octanol–water partition coefficient (Wildman–Crippen LogP) is 6.13. The highest BCUT2D eigenvalue weighted by atomic mass is 15.2. The smallest absolute Gasteiger partial charge is 0.0413 e. The van der Waals surface area contributed by atoms with Crippen LogP contribution in [0, 0.1) is 16.7 Å². The van der Waals surface area contributed by atoms with Crippen molar-refractivity contribution >= 4 is 5.69 Å². The van der Waals surface area contributed by atoms with Crippen molar-refractivity contribution in [1.82, 2.24) is 5.32 Å². The van der Waals surface area contributed by atoms with E-state index in [4.69, 9.17) is 0 Å². The van der Waals surface area contributed by atoms with Crippen LogP contribution in [0.15, 0.2) is 18.2 Å². The summed E-state index contributed by atoms with van der Waals surface area (Å²) in [6.07, 6.45) is 2.82. The minimum absolute atomic E-state index is 0.112. The Kier molecular flexibility index (Phi) is 4.99. The number of nitrogens with zero attached hydrogens (tertiary/aromatic N) is 1. The zero-order chi connectivity index (χ0) is 20.3. The average Bonchev–Trinajstić information content (AvgIpc) is 3.21. The highest BCUT2D eigenvalue weighted by Gasteiger charge is 2.58. The van der Waals surface area contributed by atoms with Crippen LogP contribution in [0.3, 0.4) is 0 Å². The lowest BCUT2D eigenvalue weighted by Crippen LogP contribution is -2.55. The van der Waals surface area contributed by atoms with Gasteiger partial charge in [0.15, 0.2) is 0 Å². The average molecular weight is 371 g/mol. The Morgan fingerprint density at radius 1 is 0.963 bits per heavy atom. The fourth-order valence-corrected chi connectivity index (χ4v) is 5.53. The lowest BCUT2D eigenvalue weighted by molar-refractivity contribution is 0.0627. The van der Waals surface area contributed by atoms with E-state index in [1.165, 1.54) is 30.6 Å². The maximum Gasteiger partial charge on any atom is 0.0413 e. The summed E-state index contributed by atoms with van der Waals surface area (Å²) < 4.78 is 0. The molecule has 2 nitrogen and oxygen atoms in total. The molecule has 27 heavy (non-hydrogen) atoms. The Morgan fingerprint density at radius 2 is 1.56 bits per heavy atom. The number of benzene rings is 1. The molecule has 0 aromatic heterocycles. The van der Waals surface area contributed by atoms with Gasteiger partial charge in [-0.1, -0.05) is 53.7 Å². The van der Waals surface area contributed by atoms with Crippen LogP contribution < -0.4 is 10.2 Å². The van der Waals surface area contributed by atoms with Crippen molar-refractivity contribution in [3.63, 3.8) is 0 Å². The van der Waals surface area contributed by atoms with E-state index in [9.17, 15) is 0 Å². The van der Waals surface area contributed by atoms with Crippen molar-refractivity contribution in [2.24, 2.45) is 16.7 Å². The van der Waals surface area contributed by atoms with Gasteiger partial charge in [-0.15, -0.1) is 0 Å². The van der Waals surface area contributed by atoms with Crippen molar-refractivity contribution in [2.75, 3.05) is 18.0 Å². The van der Waals surface area contributed by atoms with Gasteiger partial charge in [-0.05, 0) is 74.1 Å². The van der Waals surface area contributed by atoms with Gasteiger partial charge in [-0.25, -0.2) is 0 Å². The number of hydrogen-bond acceptors (Lipinski definition) is 2. The molecule has 1 aliphatic heterocycles. The Labute approximate surface area is 168 Å². The second kappa shape index (κ2) is 6.51. The van der Waals surface area contributed by atoms with E-state index in [0.29, 0.717) is 0 Å². The second-order valence-corrected chi connectivity index (χ2v) is 12.0. The third kappa shape index (κ3) is 3.55. The summed E-state index contributed by atoms with van der Waals surface area (Å²) in [7, 11) is 0. The summed E-state index contributed by atoms with van der Waals surface area (Å²) in [6, 6.07) is 7.01. The number of anilines is 1. The number of rotatable bonds is 4. The van der Waals surface area contributed by atoms with Crippen LogP contribution in [0.2, 0.25) is 0 Å². The standard InChI is InChI=1S/C25H42N2/c1-22(2,3)25(23(4,5)6)17-27(24(7,8)9)20-12-10-11-19(21(20)25)16-26-15-18-13-14-18/h10-12,18,26H,13-17H2,1-9H3. The van der Waals surface area contributed by atoms with Gasteiger partial charge >= 0.3 is 0 Å². The van der Waals surface area contributed by atoms with Gasteiger partial charge in [0.05, 0.1) is 0 Å². The molecular weight excluding hydrogens is 328 g/mol. The molecule has 3 rings (SSSR count). The molecule has 1 fully saturated rings. The zero-order valence-electron chi connectivity index (χ0n) is 19.3. The maximum atomic E-state index is 3.77. The maximum absolute atomic E-state index is 3.77. The van der Waals surface area contributed by atoms with Gasteiger partial charge in [-0.3, -0.25) is 0 Å². The van der Waals surface area contributed by atoms with Gasteiger partial charge in [0.25, 0.3) is 0 Å². The SMILES string of the molecule is CC(C)(C)N1CC(C(C)(C)C)(C(C)(C)C)c2c(CNCC3CC3)cccc21. The van der Waals surface area contributed by atoms with E-state index in [0.717, 1.165) is 19.0 Å². The van der Waals surface area contributed by atoms with E-state index in [1.54, 1.807) is 5.56 Å². The molecule has 1 saturated carbocycles. The molecule has 0 unspecified atom stereocenters. The third-order valence-corrected chi connectivity index (χ3v) is 7.06. The largest absolute Gasteiger partial charge is 0.366 e. The number of fused-ring (bicyclic) bond motifs is 1. The summed E-state index contributed by atoms with van der Waals surface area (Å²) in [6.45, 7) is 25.0. The van der Waals surface area contributed by atoms with Crippen molar-refractivity contribution in [3.05, 3.63) is 29.3 Å². The van der Waals surface area contributed by atoms with Crippen molar-refractivity contribution < 1.29 is 0 Å². The molecule has 152 valence electrons. The van der Waals surface area contributed by atoms with E-state index in [2.05, 4.69) is 90.7 Å². The zero-order valence-corrected chi connectivity index (χ0v) is 19.3. The Balaban J connectivity index is 2.15. The monoisotopic (exact) mass is 370 g/mol. The van der Waals surface area contributed by atoms with Crippen LogP contribution in [0.25, 0.3) is 0 Å². The highest BCUT2D eigenvalue weighted by Crippen LogP contribution is 2.61. The Hall–Kier alpha value is -1.02. The molecular formula is C25H42N2. The van der Waals surface area contributed by atoms with Crippen LogP contribution in [0.5, 0.6) is 0 Å². The van der Waals surface area contributed by atoms with Crippen LogP contribution >= 0.6 is 0 Å². The normalized spacial score (nSPS) is 20.1. The summed E-state index contributed by atoms with van der Waals surface area (Å²) in [5.41, 5.74) is 5.14. The van der Waals surface area contributed by atoms with E-state index in [1.807, 2.05) is 0 Å². The van der Waals surface area contributed by atoms with Crippen LogP contribution in [-0.2, 0) is 12.0 Å². The second-order valence-electron chi connectivity index (χ2n) is 12.0. The fraction of sp³-hybridized carbons (Fsp3) is 0.760. The number of nitrogens with one attached hydrogen (secondary N) is 1. The highest BCUT2D eigenvalue weighted by molar-refractivity contribution is 5.68. The topological polar surface area (TPSA) is 15.3 Å². The van der Waals surface area contributed by atoms with Crippen LogP contribution in [-0.4, -0.2) is 18.6 Å². The number of hydrogen-bond donors (Lipinski definition) is 1. The van der Waals surface area contributed by atoms with E-state index in [-0.39, 0.29) is 21.8 Å². The summed E-state index contributed by atoms with van der Waals surface area (Å²) in [5.74, 6) is 0.919. The Bertz CT molecular complexity index is 664. The van der Waals surface area contributed by atoms with Gasteiger partial charge in [0.1, 0.15) is 0 Å². The molecule has 0 radical (unpaired) electrons. The van der Waals surface area contributed by atoms with Crippen LogP contribution in [0.4, 0.5) is 5.69 Å². The summed E-state index contributed by atoms with van der Waals surface area (Å²) in [5, 5.41) is 3.77. The molecule has 0 atom stereocenters. The van der Waals surface area contributed by atoms with Crippen molar-refractivity contribution in [1.29, 1.82) is 0 Å². The molecule has 1 aromatic carbocycles. The molecule has 1 N–H and O–H groups in total. The summed E-state index contributed by atoms with van der Waals surface area (Å²) in [4.78, 5) is 2.67. The third-order valence-electron chi connectivity index (χ3n) is 7.06. The molecule has 0 amide bonds. The van der Waals surface area contributed by atoms with Crippen LogP contribution in [0.1, 0.15) is 86.3 Å². The molecule has 0 spiro atoms. The Morgan fingerprint density at radius 3 is 2.04 bits per heavy atom. The fourth-order valence-electron chi connectivity index (χ4n) is 5.53. The first kappa shape index (κ1) is 20.7. The lowest BCUT2D eigenvalue weighted by atomic mass is 9.51. The minimum atomic E-state index is 0.112.